The molecule has 0 aliphatic rings. The zero-order chi connectivity index (χ0) is 16.9. The number of hydrogen-bond donors (Lipinski definition) is 1. The van der Waals surface area contributed by atoms with E-state index in [0.717, 1.165) is 22.6 Å². The highest BCUT2D eigenvalue weighted by Crippen LogP contribution is 2.19. The monoisotopic (exact) mass is 340 g/mol. The lowest BCUT2D eigenvalue weighted by Gasteiger charge is -2.08. The fourth-order valence-electron chi connectivity index (χ4n) is 2.19. The van der Waals surface area contributed by atoms with Crippen LogP contribution >= 0.6 is 11.6 Å². The molecule has 1 aromatic heterocycles. The van der Waals surface area contributed by atoms with Gasteiger partial charge in [0.05, 0.1) is 18.1 Å². The van der Waals surface area contributed by atoms with Crippen LogP contribution in [0.1, 0.15) is 16.8 Å². The SMILES string of the molecule is Cc1cn(N=Cc2cccc(OCc3ccccc3Cl)c2)c(N)n1. The number of aromatic nitrogens is 2. The van der Waals surface area contributed by atoms with Crippen LogP contribution in [0.2, 0.25) is 5.02 Å². The van der Waals surface area contributed by atoms with Crippen LogP contribution < -0.4 is 10.5 Å². The maximum atomic E-state index is 6.13. The zero-order valence-corrected chi connectivity index (χ0v) is 13.9. The number of imidazole rings is 1. The topological polar surface area (TPSA) is 65.4 Å². The third-order valence-corrected chi connectivity index (χ3v) is 3.74. The normalized spacial score (nSPS) is 11.1. The van der Waals surface area contributed by atoms with E-state index in [-0.39, 0.29) is 0 Å². The van der Waals surface area contributed by atoms with E-state index in [1.54, 1.807) is 12.4 Å². The molecule has 0 fully saturated rings. The number of anilines is 1. The summed E-state index contributed by atoms with van der Waals surface area (Å²) < 4.78 is 7.34. The largest absolute Gasteiger partial charge is 0.489 e. The number of nitrogens with zero attached hydrogens (tertiary/aromatic N) is 3. The van der Waals surface area contributed by atoms with Crippen LogP contribution in [0.15, 0.2) is 59.8 Å². The minimum atomic E-state index is 0.356. The molecule has 0 spiro atoms. The van der Waals surface area contributed by atoms with Gasteiger partial charge in [0.15, 0.2) is 0 Å². The van der Waals surface area contributed by atoms with Crippen LogP contribution in [-0.4, -0.2) is 15.9 Å². The van der Waals surface area contributed by atoms with Gasteiger partial charge in [-0.2, -0.15) is 5.10 Å². The summed E-state index contributed by atoms with van der Waals surface area (Å²) in [5.41, 5.74) is 8.43. The fourth-order valence-corrected chi connectivity index (χ4v) is 2.38. The van der Waals surface area contributed by atoms with Crippen molar-refractivity contribution in [3.05, 3.63) is 76.6 Å². The number of benzene rings is 2. The van der Waals surface area contributed by atoms with E-state index < -0.39 is 0 Å². The molecule has 0 atom stereocenters. The summed E-state index contributed by atoms with van der Waals surface area (Å²) in [4.78, 5) is 4.10. The average molecular weight is 341 g/mol. The van der Waals surface area contributed by atoms with Gasteiger partial charge in [0, 0.05) is 10.6 Å². The van der Waals surface area contributed by atoms with E-state index in [2.05, 4.69) is 10.1 Å². The number of nitrogen functional groups attached to an aromatic ring is 1. The van der Waals surface area contributed by atoms with Gasteiger partial charge in [-0.1, -0.05) is 41.9 Å². The molecule has 0 unspecified atom stereocenters. The van der Waals surface area contributed by atoms with E-state index in [0.29, 0.717) is 17.6 Å². The maximum absolute atomic E-state index is 6.13. The van der Waals surface area contributed by atoms with Gasteiger partial charge >= 0.3 is 0 Å². The summed E-state index contributed by atoms with van der Waals surface area (Å²) in [5.74, 6) is 1.10. The lowest BCUT2D eigenvalue weighted by atomic mass is 10.2. The Morgan fingerprint density at radius 3 is 2.83 bits per heavy atom. The van der Waals surface area contributed by atoms with Crippen molar-refractivity contribution in [2.45, 2.75) is 13.5 Å². The molecule has 0 radical (unpaired) electrons. The van der Waals surface area contributed by atoms with Crippen molar-refractivity contribution in [1.29, 1.82) is 0 Å². The molecule has 24 heavy (non-hydrogen) atoms. The van der Waals surface area contributed by atoms with Gasteiger partial charge in [0.25, 0.3) is 0 Å². The van der Waals surface area contributed by atoms with E-state index >= 15 is 0 Å². The minimum absolute atomic E-state index is 0.356. The molecule has 0 saturated carbocycles. The molecular formula is C18H17ClN4O. The van der Waals surface area contributed by atoms with E-state index in [9.17, 15) is 0 Å². The predicted molar refractivity (Wildman–Crippen MR) is 96.6 cm³/mol. The Morgan fingerprint density at radius 1 is 1.25 bits per heavy atom. The van der Waals surface area contributed by atoms with Crippen LogP contribution in [0.4, 0.5) is 5.95 Å². The van der Waals surface area contributed by atoms with Crippen molar-refractivity contribution in [1.82, 2.24) is 9.66 Å². The van der Waals surface area contributed by atoms with Crippen LogP contribution in [0.3, 0.4) is 0 Å². The standard InChI is InChI=1S/C18H17ClN4O/c1-13-11-23(18(20)22-13)21-10-14-5-4-7-16(9-14)24-12-15-6-2-3-8-17(15)19/h2-11H,12H2,1H3,(H2,20,22). The first kappa shape index (κ1) is 16.1. The molecule has 0 saturated heterocycles. The Kier molecular flexibility index (Phi) is 4.82. The second-order valence-corrected chi connectivity index (χ2v) is 5.69. The van der Waals surface area contributed by atoms with Gasteiger partial charge in [0.2, 0.25) is 5.95 Å². The van der Waals surface area contributed by atoms with Crippen molar-refractivity contribution in [3.8, 4) is 5.75 Å². The summed E-state index contributed by atoms with van der Waals surface area (Å²) in [7, 11) is 0. The van der Waals surface area contributed by atoms with Crippen molar-refractivity contribution < 1.29 is 4.74 Å². The molecule has 3 rings (SSSR count). The second-order valence-electron chi connectivity index (χ2n) is 5.28. The first-order valence-electron chi connectivity index (χ1n) is 7.44. The minimum Gasteiger partial charge on any atom is -0.489 e. The van der Waals surface area contributed by atoms with Crippen LogP contribution in [0.25, 0.3) is 0 Å². The summed E-state index contributed by atoms with van der Waals surface area (Å²) >= 11 is 6.13. The smallest absolute Gasteiger partial charge is 0.221 e. The molecule has 0 aliphatic carbocycles. The van der Waals surface area contributed by atoms with Gasteiger partial charge in [0.1, 0.15) is 12.4 Å². The number of nitrogens with two attached hydrogens (primary N) is 1. The Balaban J connectivity index is 1.70. The molecule has 0 amide bonds. The molecule has 0 bridgehead atoms. The number of hydrogen-bond acceptors (Lipinski definition) is 4. The highest BCUT2D eigenvalue weighted by Gasteiger charge is 2.02. The van der Waals surface area contributed by atoms with Gasteiger partial charge < -0.3 is 10.5 Å². The first-order valence-corrected chi connectivity index (χ1v) is 7.82. The fraction of sp³-hybridized carbons (Fsp3) is 0.111. The average Bonchev–Trinajstić information content (AvgIpc) is 2.90. The molecule has 2 aromatic carbocycles. The molecule has 6 heteroatoms. The summed E-state index contributed by atoms with van der Waals surface area (Å²) in [6, 6.07) is 15.3. The van der Waals surface area contributed by atoms with Gasteiger partial charge in [-0.05, 0) is 30.7 Å². The molecule has 3 aromatic rings. The predicted octanol–water partition coefficient (Wildman–Crippen LogP) is 3.89. The van der Waals surface area contributed by atoms with E-state index in [4.69, 9.17) is 22.1 Å². The number of halogens is 1. The first-order chi connectivity index (χ1) is 11.6. The van der Waals surface area contributed by atoms with E-state index in [1.807, 2.05) is 55.5 Å². The number of ether oxygens (including phenoxy) is 1. The van der Waals surface area contributed by atoms with Gasteiger partial charge in [-0.3, -0.25) is 0 Å². The zero-order valence-electron chi connectivity index (χ0n) is 13.2. The van der Waals surface area contributed by atoms with Crippen LogP contribution in [0.5, 0.6) is 5.75 Å². The Hall–Kier alpha value is -2.79. The summed E-state index contributed by atoms with van der Waals surface area (Å²) in [5, 5.41) is 4.99. The lowest BCUT2D eigenvalue weighted by molar-refractivity contribution is 0.306. The van der Waals surface area contributed by atoms with E-state index in [1.165, 1.54) is 4.68 Å². The number of aryl methyl sites for hydroxylation is 1. The molecule has 5 nitrogen and oxygen atoms in total. The highest BCUT2D eigenvalue weighted by molar-refractivity contribution is 6.31. The molecule has 122 valence electrons. The molecule has 0 aliphatic heterocycles. The third kappa shape index (κ3) is 3.94. The van der Waals surface area contributed by atoms with Gasteiger partial charge in [-0.25, -0.2) is 9.66 Å². The van der Waals surface area contributed by atoms with Crippen molar-refractivity contribution in [3.63, 3.8) is 0 Å². The highest BCUT2D eigenvalue weighted by atomic mass is 35.5. The second kappa shape index (κ2) is 7.19. The summed E-state index contributed by atoms with van der Waals surface area (Å²) in [6.07, 6.45) is 3.48. The molecule has 2 N–H and O–H groups in total. The maximum Gasteiger partial charge on any atom is 0.221 e. The van der Waals surface area contributed by atoms with Gasteiger partial charge in [-0.15, -0.1) is 0 Å². The quantitative estimate of drug-likeness (QED) is 0.716. The summed E-state index contributed by atoms with van der Waals surface area (Å²) in [6.45, 7) is 2.28. The Labute approximate surface area is 145 Å². The molecule has 1 heterocycles. The molecular weight excluding hydrogens is 324 g/mol. The Bertz CT molecular complexity index is 873. The Morgan fingerprint density at radius 2 is 2.08 bits per heavy atom. The van der Waals surface area contributed by atoms with Crippen LogP contribution in [0, 0.1) is 6.92 Å². The third-order valence-electron chi connectivity index (χ3n) is 3.38. The number of rotatable bonds is 5. The van der Waals surface area contributed by atoms with Crippen molar-refractivity contribution >= 4 is 23.8 Å². The van der Waals surface area contributed by atoms with Crippen LogP contribution in [-0.2, 0) is 6.61 Å². The van der Waals surface area contributed by atoms with Crippen molar-refractivity contribution in [2.24, 2.45) is 5.10 Å². The van der Waals surface area contributed by atoms with Crippen molar-refractivity contribution in [2.75, 3.05) is 5.73 Å². The lowest BCUT2D eigenvalue weighted by Crippen LogP contribution is -1.98.